The lowest BCUT2D eigenvalue weighted by molar-refractivity contribution is 0.245. The smallest absolute Gasteiger partial charge is 0.319 e. The molecule has 0 saturated heterocycles. The van der Waals surface area contributed by atoms with Gasteiger partial charge >= 0.3 is 12.1 Å². The first-order chi connectivity index (χ1) is 24.0. The number of unbranched alkanes of at least 4 members (excludes halogenated alkanes) is 8. The molecule has 8 nitrogen and oxygen atoms in total. The van der Waals surface area contributed by atoms with E-state index in [1.165, 1.54) is 77.0 Å². The fourth-order valence-electron chi connectivity index (χ4n) is 6.13. The van der Waals surface area contributed by atoms with Gasteiger partial charge in [0.25, 0.3) is 0 Å². The fourth-order valence-corrected chi connectivity index (χ4v) is 6.13. The number of hydrogen-bond donors (Lipinski definition) is 4. The summed E-state index contributed by atoms with van der Waals surface area (Å²) in [5.74, 6) is 0. The highest BCUT2D eigenvalue weighted by Gasteiger charge is 2.09. The van der Waals surface area contributed by atoms with Crippen LogP contribution < -0.4 is 21.3 Å². The monoisotopic (exact) mass is 679 g/mol. The lowest BCUT2D eigenvalue weighted by Gasteiger charge is -2.22. The van der Waals surface area contributed by atoms with Gasteiger partial charge in [0, 0.05) is 24.5 Å². The van der Waals surface area contributed by atoms with E-state index in [4.69, 9.17) is 0 Å². The van der Waals surface area contributed by atoms with Crippen molar-refractivity contribution in [2.45, 2.75) is 124 Å². The van der Waals surface area contributed by atoms with Crippen molar-refractivity contribution in [3.05, 3.63) is 59.7 Å². The van der Waals surface area contributed by atoms with Crippen molar-refractivity contribution in [3.63, 3.8) is 0 Å². The maximum absolute atomic E-state index is 12.6. The lowest BCUT2D eigenvalue weighted by atomic mass is 10.0. The van der Waals surface area contributed by atoms with E-state index >= 15 is 0 Å². The molecule has 0 bridgehead atoms. The second-order valence-electron chi connectivity index (χ2n) is 13.6. The molecule has 2 aromatic carbocycles. The molecular weight excluding hydrogens is 608 g/mol. The summed E-state index contributed by atoms with van der Waals surface area (Å²) in [5, 5.41) is 12.1. The van der Waals surface area contributed by atoms with Gasteiger partial charge in [-0.05, 0) is 120 Å². The van der Waals surface area contributed by atoms with E-state index in [1.807, 2.05) is 36.4 Å². The number of carbonyl (C=O) groups is 2. The summed E-state index contributed by atoms with van der Waals surface area (Å²) < 4.78 is 0. The van der Waals surface area contributed by atoms with Crippen LogP contribution in [0, 0.1) is 0 Å². The third-order valence-electron chi connectivity index (χ3n) is 8.96. The van der Waals surface area contributed by atoms with Crippen molar-refractivity contribution in [1.82, 2.24) is 20.4 Å². The van der Waals surface area contributed by atoms with Crippen LogP contribution in [0.4, 0.5) is 21.0 Å². The Morgan fingerprint density at radius 2 is 0.837 bits per heavy atom. The van der Waals surface area contributed by atoms with Gasteiger partial charge in [-0.25, -0.2) is 9.59 Å². The molecule has 0 aliphatic heterocycles. The van der Waals surface area contributed by atoms with Crippen LogP contribution in [0.1, 0.15) is 129 Å². The Hall–Kier alpha value is -3.10. The zero-order valence-electron chi connectivity index (χ0n) is 31.6. The number of amides is 4. The van der Waals surface area contributed by atoms with Crippen LogP contribution in [0.25, 0.3) is 0 Å². The predicted molar refractivity (Wildman–Crippen MR) is 210 cm³/mol. The maximum Gasteiger partial charge on any atom is 0.319 e. The standard InChI is InChI=1S/C41H70N6O2/c1-5-9-13-27-46(28-14-10-6-2)31-19-25-42-40(48)44-38-23-17-21-36(34-38)33-37-22-18-24-39(35-37)45-41(49)43-26-20-32-47(29-15-11-7-3)30-16-12-8-4/h17-18,21-24,34-35H,5-16,19-20,25-33H2,1-4H3,(H2,42,44,48)(H2,43,45,49). The summed E-state index contributed by atoms with van der Waals surface area (Å²) in [6.45, 7) is 17.0. The quantitative estimate of drug-likeness (QED) is 0.0675. The summed E-state index contributed by atoms with van der Waals surface area (Å²) >= 11 is 0. The highest BCUT2D eigenvalue weighted by molar-refractivity contribution is 5.89. The molecule has 0 radical (unpaired) electrons. The first-order valence-corrected chi connectivity index (χ1v) is 19.7. The molecule has 2 rings (SSSR count). The summed E-state index contributed by atoms with van der Waals surface area (Å²) in [4.78, 5) is 30.4. The van der Waals surface area contributed by atoms with Crippen molar-refractivity contribution in [1.29, 1.82) is 0 Å². The average Bonchev–Trinajstić information content (AvgIpc) is 3.08. The van der Waals surface area contributed by atoms with Gasteiger partial charge in [-0.2, -0.15) is 0 Å². The molecule has 0 heterocycles. The van der Waals surface area contributed by atoms with Gasteiger partial charge in [0.2, 0.25) is 0 Å². The number of carbonyl (C=O) groups excluding carboxylic acids is 2. The topological polar surface area (TPSA) is 88.7 Å². The van der Waals surface area contributed by atoms with Crippen LogP contribution >= 0.6 is 0 Å². The Labute approximate surface area is 299 Å². The molecule has 2 aromatic rings. The van der Waals surface area contributed by atoms with Gasteiger partial charge in [0.1, 0.15) is 0 Å². The number of rotatable bonds is 28. The van der Waals surface area contributed by atoms with Crippen LogP contribution in [0.2, 0.25) is 0 Å². The van der Waals surface area contributed by atoms with E-state index in [0.717, 1.165) is 74.6 Å². The molecule has 0 saturated carbocycles. The van der Waals surface area contributed by atoms with Crippen LogP contribution in [0.3, 0.4) is 0 Å². The van der Waals surface area contributed by atoms with Crippen molar-refractivity contribution < 1.29 is 9.59 Å². The maximum atomic E-state index is 12.6. The largest absolute Gasteiger partial charge is 0.338 e. The summed E-state index contributed by atoms with van der Waals surface area (Å²) in [5.41, 5.74) is 3.74. The third kappa shape index (κ3) is 20.9. The number of hydrogen-bond acceptors (Lipinski definition) is 4. The van der Waals surface area contributed by atoms with Gasteiger partial charge in [-0.15, -0.1) is 0 Å². The van der Waals surface area contributed by atoms with Crippen LogP contribution in [0.15, 0.2) is 48.5 Å². The van der Waals surface area contributed by atoms with E-state index in [-0.39, 0.29) is 12.1 Å². The Kier molecular flexibility index (Phi) is 23.8. The highest BCUT2D eigenvalue weighted by atomic mass is 16.2. The van der Waals surface area contributed by atoms with Crippen molar-refractivity contribution in [2.75, 3.05) is 63.0 Å². The van der Waals surface area contributed by atoms with Crippen molar-refractivity contribution >= 4 is 23.4 Å². The molecule has 4 amide bonds. The van der Waals surface area contributed by atoms with Crippen LogP contribution in [0.5, 0.6) is 0 Å². The van der Waals surface area contributed by atoms with Gasteiger partial charge in [0.15, 0.2) is 0 Å². The first-order valence-electron chi connectivity index (χ1n) is 19.7. The molecule has 0 aliphatic carbocycles. The molecule has 276 valence electrons. The van der Waals surface area contributed by atoms with E-state index in [9.17, 15) is 9.59 Å². The van der Waals surface area contributed by atoms with Crippen LogP contribution in [-0.4, -0.2) is 74.2 Å². The van der Waals surface area contributed by atoms with Gasteiger partial charge in [0.05, 0.1) is 0 Å². The summed E-state index contributed by atoms with van der Waals surface area (Å²) in [7, 11) is 0. The third-order valence-corrected chi connectivity index (χ3v) is 8.96. The zero-order valence-corrected chi connectivity index (χ0v) is 31.6. The summed E-state index contributed by atoms with van der Waals surface area (Å²) in [6, 6.07) is 15.6. The molecule has 0 aromatic heterocycles. The second-order valence-corrected chi connectivity index (χ2v) is 13.6. The molecule has 49 heavy (non-hydrogen) atoms. The fraction of sp³-hybridized carbons (Fsp3) is 0.659. The molecule has 0 spiro atoms. The minimum absolute atomic E-state index is 0.168. The predicted octanol–water partition coefficient (Wildman–Crippen LogP) is 9.67. The molecule has 8 heteroatoms. The number of urea groups is 2. The molecular formula is C41H70N6O2. The van der Waals surface area contributed by atoms with Crippen molar-refractivity contribution in [3.8, 4) is 0 Å². The molecule has 0 fully saturated rings. The molecule has 4 N–H and O–H groups in total. The summed E-state index contributed by atoms with van der Waals surface area (Å²) in [6.07, 6.45) is 17.7. The van der Waals surface area contributed by atoms with Gasteiger partial charge in [-0.1, -0.05) is 103 Å². The SMILES string of the molecule is CCCCCN(CCCCC)CCCNC(=O)Nc1cccc(Cc2cccc(NC(=O)NCCCN(CCCCC)CCCCC)c2)c1. The second kappa shape index (κ2) is 27.7. The van der Waals surface area contributed by atoms with Gasteiger partial charge in [-0.3, -0.25) is 0 Å². The number of nitrogens with zero attached hydrogens (tertiary/aromatic N) is 2. The number of nitrogens with one attached hydrogen (secondary N) is 4. The lowest BCUT2D eigenvalue weighted by Crippen LogP contribution is -2.33. The Morgan fingerprint density at radius 3 is 1.18 bits per heavy atom. The average molecular weight is 679 g/mol. The van der Waals surface area contributed by atoms with E-state index < -0.39 is 0 Å². The van der Waals surface area contributed by atoms with Crippen LogP contribution in [-0.2, 0) is 6.42 Å². The first kappa shape index (κ1) is 42.1. The Morgan fingerprint density at radius 1 is 0.490 bits per heavy atom. The highest BCUT2D eigenvalue weighted by Crippen LogP contribution is 2.18. The van der Waals surface area contributed by atoms with E-state index in [2.05, 4.69) is 70.9 Å². The Bertz CT molecular complexity index is 1030. The zero-order chi connectivity index (χ0) is 35.4. The number of benzene rings is 2. The Balaban J connectivity index is 1.76. The minimum Gasteiger partial charge on any atom is -0.338 e. The molecule has 0 atom stereocenters. The molecule has 0 aliphatic rings. The number of anilines is 2. The van der Waals surface area contributed by atoms with E-state index in [1.54, 1.807) is 0 Å². The minimum atomic E-state index is -0.168. The normalized spacial score (nSPS) is 11.2. The van der Waals surface area contributed by atoms with E-state index in [0.29, 0.717) is 19.5 Å². The molecule has 0 unspecified atom stereocenters. The van der Waals surface area contributed by atoms with Crippen molar-refractivity contribution in [2.24, 2.45) is 0 Å². The van der Waals surface area contributed by atoms with Gasteiger partial charge < -0.3 is 31.1 Å².